The molecule has 1 saturated heterocycles. The average molecular weight is 306 g/mol. The first-order chi connectivity index (χ1) is 10.1. The smallest absolute Gasteiger partial charge is 0.126 e. The van der Waals surface area contributed by atoms with Crippen molar-refractivity contribution in [2.75, 3.05) is 13.7 Å². The van der Waals surface area contributed by atoms with E-state index in [0.29, 0.717) is 17.0 Å². The van der Waals surface area contributed by atoms with Crippen LogP contribution in [0, 0.1) is 18.3 Å². The lowest BCUT2D eigenvalue weighted by Gasteiger charge is -2.23. The van der Waals surface area contributed by atoms with E-state index in [-0.39, 0.29) is 12.1 Å². The van der Waals surface area contributed by atoms with Crippen LogP contribution in [-0.2, 0) is 4.74 Å². The largest absolute Gasteiger partial charge is 0.391 e. The molecule has 2 aliphatic rings. The van der Waals surface area contributed by atoms with Gasteiger partial charge in [-0.25, -0.2) is 0 Å². The van der Waals surface area contributed by atoms with Crippen molar-refractivity contribution in [3.8, 4) is 6.07 Å². The molecule has 0 amide bonds. The minimum absolute atomic E-state index is 0.140. The third-order valence-corrected chi connectivity index (χ3v) is 4.73. The molecule has 6 heteroatoms. The maximum absolute atomic E-state index is 10.1. The number of nitriles is 1. The number of hydrazone groups is 1. The molecule has 3 rings (SSSR count). The third kappa shape index (κ3) is 2.11. The van der Waals surface area contributed by atoms with E-state index in [1.807, 2.05) is 18.0 Å². The Morgan fingerprint density at radius 1 is 1.52 bits per heavy atom. The van der Waals surface area contributed by atoms with Crippen LogP contribution in [0.5, 0.6) is 0 Å². The van der Waals surface area contributed by atoms with Crippen molar-refractivity contribution in [3.05, 3.63) is 33.8 Å². The Balaban J connectivity index is 2.05. The molecule has 2 heterocycles. The molecule has 2 aliphatic heterocycles. The molecule has 0 unspecified atom stereocenters. The standard InChI is InChI=1S/C15H16ClN3O2/c1-8-10(4-3-9(7-17)12(8)16)13-15(21-2)14-11(20)5-6-19(14)18-13/h3-4,11,14-15,20H,5-6H2,1-2H3/t11-,14+,15-/m1/s1. The molecule has 0 aromatic heterocycles. The highest BCUT2D eigenvalue weighted by Crippen LogP contribution is 2.33. The molecule has 0 radical (unpaired) electrons. The highest BCUT2D eigenvalue weighted by atomic mass is 35.5. The van der Waals surface area contributed by atoms with Crippen LogP contribution >= 0.6 is 11.6 Å². The molecule has 1 fully saturated rings. The van der Waals surface area contributed by atoms with Crippen LogP contribution in [0.2, 0.25) is 5.02 Å². The lowest BCUT2D eigenvalue weighted by Crippen LogP contribution is -2.41. The van der Waals surface area contributed by atoms with Crippen LogP contribution in [-0.4, -0.2) is 47.7 Å². The summed E-state index contributed by atoms with van der Waals surface area (Å²) in [4.78, 5) is 0. The van der Waals surface area contributed by atoms with Crippen LogP contribution in [0.4, 0.5) is 0 Å². The number of aliphatic hydroxyl groups excluding tert-OH is 1. The van der Waals surface area contributed by atoms with Gasteiger partial charge in [0.1, 0.15) is 18.2 Å². The minimum atomic E-state index is -0.439. The van der Waals surface area contributed by atoms with Crippen molar-refractivity contribution in [3.63, 3.8) is 0 Å². The molecule has 110 valence electrons. The first-order valence-corrected chi connectivity index (χ1v) is 7.22. The summed E-state index contributed by atoms with van der Waals surface area (Å²) < 4.78 is 5.57. The van der Waals surface area contributed by atoms with Crippen LogP contribution in [0.1, 0.15) is 23.1 Å². The Bertz CT molecular complexity index is 653. The maximum Gasteiger partial charge on any atom is 0.126 e. The Labute approximate surface area is 128 Å². The van der Waals surface area contributed by atoms with Gasteiger partial charge in [0.15, 0.2) is 0 Å². The molecule has 0 aliphatic carbocycles. The topological polar surface area (TPSA) is 68.8 Å². The zero-order valence-corrected chi connectivity index (χ0v) is 12.6. The summed E-state index contributed by atoms with van der Waals surface area (Å²) in [5.74, 6) is 0. The Morgan fingerprint density at radius 2 is 2.29 bits per heavy atom. The summed E-state index contributed by atoms with van der Waals surface area (Å²) in [5.41, 5.74) is 2.90. The fourth-order valence-electron chi connectivity index (χ4n) is 3.12. The van der Waals surface area contributed by atoms with Gasteiger partial charge in [-0.2, -0.15) is 10.4 Å². The Kier molecular flexibility index (Phi) is 3.62. The van der Waals surface area contributed by atoms with Gasteiger partial charge in [-0.3, -0.25) is 5.01 Å². The number of methoxy groups -OCH3 is 1. The number of aliphatic hydroxyl groups is 1. The van der Waals surface area contributed by atoms with Gasteiger partial charge in [0.25, 0.3) is 0 Å². The molecular formula is C15H16ClN3O2. The summed E-state index contributed by atoms with van der Waals surface area (Å²) >= 11 is 6.24. The molecule has 0 spiro atoms. The number of rotatable bonds is 2. The van der Waals surface area contributed by atoms with E-state index in [1.165, 1.54) is 0 Å². The second-order valence-corrected chi connectivity index (χ2v) is 5.74. The molecule has 21 heavy (non-hydrogen) atoms. The van der Waals surface area contributed by atoms with Crippen LogP contribution < -0.4 is 0 Å². The van der Waals surface area contributed by atoms with Crippen LogP contribution in [0.15, 0.2) is 17.2 Å². The number of benzene rings is 1. The number of ether oxygens (including phenoxy) is 1. The highest BCUT2D eigenvalue weighted by Gasteiger charge is 2.46. The molecule has 3 atom stereocenters. The van der Waals surface area contributed by atoms with E-state index in [1.54, 1.807) is 13.2 Å². The lowest BCUT2D eigenvalue weighted by molar-refractivity contribution is 0.0393. The van der Waals surface area contributed by atoms with E-state index >= 15 is 0 Å². The van der Waals surface area contributed by atoms with Gasteiger partial charge in [0.2, 0.25) is 0 Å². The van der Waals surface area contributed by atoms with Gasteiger partial charge in [-0.1, -0.05) is 17.7 Å². The molecule has 1 aromatic rings. The van der Waals surface area contributed by atoms with Crippen LogP contribution in [0.3, 0.4) is 0 Å². The number of fused-ring (bicyclic) bond motifs is 1. The fourth-order valence-corrected chi connectivity index (χ4v) is 3.33. The molecule has 1 N–H and O–H groups in total. The lowest BCUT2D eigenvalue weighted by atomic mass is 9.94. The fraction of sp³-hybridized carbons (Fsp3) is 0.467. The van der Waals surface area contributed by atoms with Crippen LogP contribution in [0.25, 0.3) is 0 Å². The van der Waals surface area contributed by atoms with Gasteiger partial charge >= 0.3 is 0 Å². The van der Waals surface area contributed by atoms with Crippen molar-refractivity contribution < 1.29 is 9.84 Å². The van der Waals surface area contributed by atoms with Crippen molar-refractivity contribution in [2.24, 2.45) is 5.10 Å². The van der Waals surface area contributed by atoms with Crippen molar-refractivity contribution in [2.45, 2.75) is 31.6 Å². The van der Waals surface area contributed by atoms with E-state index in [2.05, 4.69) is 11.2 Å². The molecule has 5 nitrogen and oxygen atoms in total. The van der Waals surface area contributed by atoms with Gasteiger partial charge in [0.05, 0.1) is 22.4 Å². The second-order valence-electron chi connectivity index (χ2n) is 5.36. The van der Waals surface area contributed by atoms with Crippen molar-refractivity contribution >= 4 is 17.3 Å². The number of halogens is 1. The average Bonchev–Trinajstić information content (AvgIpc) is 3.02. The Morgan fingerprint density at radius 3 is 2.95 bits per heavy atom. The summed E-state index contributed by atoms with van der Waals surface area (Å²) in [6.07, 6.45) is -0.0235. The van der Waals surface area contributed by atoms with E-state index in [4.69, 9.17) is 21.6 Å². The van der Waals surface area contributed by atoms with Gasteiger partial charge in [-0.15, -0.1) is 0 Å². The summed E-state index contributed by atoms with van der Waals surface area (Å²) in [6, 6.07) is 5.47. The minimum Gasteiger partial charge on any atom is -0.391 e. The maximum atomic E-state index is 10.1. The van der Waals surface area contributed by atoms with E-state index in [0.717, 1.165) is 23.4 Å². The number of hydrogen-bond acceptors (Lipinski definition) is 5. The van der Waals surface area contributed by atoms with Gasteiger partial charge in [-0.05, 0) is 25.0 Å². The predicted octanol–water partition coefficient (Wildman–Crippen LogP) is 1.69. The van der Waals surface area contributed by atoms with Gasteiger partial charge in [0, 0.05) is 19.2 Å². The quantitative estimate of drug-likeness (QED) is 0.903. The Hall–Kier alpha value is -1.61. The molecule has 0 saturated carbocycles. The van der Waals surface area contributed by atoms with Crippen molar-refractivity contribution in [1.29, 1.82) is 5.26 Å². The first-order valence-electron chi connectivity index (χ1n) is 6.84. The summed E-state index contributed by atoms with van der Waals surface area (Å²) in [6.45, 7) is 2.59. The summed E-state index contributed by atoms with van der Waals surface area (Å²) in [5, 5.41) is 26.1. The molecule has 1 aromatic carbocycles. The number of hydrogen-bond donors (Lipinski definition) is 1. The first kappa shape index (κ1) is 14.3. The predicted molar refractivity (Wildman–Crippen MR) is 79.4 cm³/mol. The zero-order chi connectivity index (χ0) is 15.1. The number of nitrogens with zero attached hydrogens (tertiary/aromatic N) is 3. The monoisotopic (exact) mass is 305 g/mol. The third-order valence-electron chi connectivity index (χ3n) is 4.24. The van der Waals surface area contributed by atoms with E-state index < -0.39 is 6.10 Å². The SMILES string of the molecule is CO[C@@H]1C(c2ccc(C#N)c(Cl)c2C)=NN2CC[C@@H](O)[C@@H]12. The van der Waals surface area contributed by atoms with Gasteiger partial charge < -0.3 is 9.84 Å². The van der Waals surface area contributed by atoms with Crippen molar-refractivity contribution in [1.82, 2.24) is 5.01 Å². The zero-order valence-electron chi connectivity index (χ0n) is 11.9. The molecule has 0 bridgehead atoms. The van der Waals surface area contributed by atoms with E-state index in [9.17, 15) is 5.11 Å². The normalized spacial score (nSPS) is 27.5. The second kappa shape index (κ2) is 5.30. The summed E-state index contributed by atoms with van der Waals surface area (Å²) in [7, 11) is 1.62. The highest BCUT2D eigenvalue weighted by molar-refractivity contribution is 6.33. The molecular weight excluding hydrogens is 290 g/mol.